The summed E-state index contributed by atoms with van der Waals surface area (Å²) in [6.45, 7) is 4.33. The van der Waals surface area contributed by atoms with Crippen molar-refractivity contribution in [3.05, 3.63) is 34.3 Å². The van der Waals surface area contributed by atoms with E-state index in [1.54, 1.807) is 6.20 Å². The maximum Gasteiger partial charge on any atom is 0.262 e. The predicted octanol–water partition coefficient (Wildman–Crippen LogP) is 0.382. The monoisotopic (exact) mass is 317 g/mol. The van der Waals surface area contributed by atoms with Gasteiger partial charge in [0.05, 0.1) is 11.4 Å². The molecule has 5 N–H and O–H groups in total. The summed E-state index contributed by atoms with van der Waals surface area (Å²) in [4.78, 5) is 21.7. The van der Waals surface area contributed by atoms with Crippen LogP contribution in [0.25, 0.3) is 11.0 Å². The zero-order valence-electron chi connectivity index (χ0n) is 12.9. The van der Waals surface area contributed by atoms with E-state index in [-0.39, 0.29) is 29.8 Å². The molecule has 8 nitrogen and oxygen atoms in total. The third-order valence-electron chi connectivity index (χ3n) is 4.20. The molecule has 0 spiro atoms. The Balaban J connectivity index is 1.52. The quantitative estimate of drug-likeness (QED) is 0.608. The molecule has 8 heteroatoms. The van der Waals surface area contributed by atoms with Crippen molar-refractivity contribution < 1.29 is 9.47 Å². The number of nitrogen functional groups attached to an aromatic ring is 1. The van der Waals surface area contributed by atoms with Crippen LogP contribution < -0.4 is 16.6 Å². The Morgan fingerprint density at radius 2 is 2.22 bits per heavy atom. The van der Waals surface area contributed by atoms with Gasteiger partial charge in [0.2, 0.25) is 5.95 Å². The van der Waals surface area contributed by atoms with Crippen LogP contribution in [-0.2, 0) is 16.0 Å². The fourth-order valence-electron chi connectivity index (χ4n) is 3.25. The molecule has 3 atom stereocenters. The van der Waals surface area contributed by atoms with Gasteiger partial charge in [-0.2, -0.15) is 4.98 Å². The van der Waals surface area contributed by atoms with E-state index >= 15 is 0 Å². The number of anilines is 1. The fraction of sp³-hybridized carbons (Fsp3) is 0.467. The lowest BCUT2D eigenvalue weighted by Crippen LogP contribution is -2.39. The van der Waals surface area contributed by atoms with E-state index in [0.29, 0.717) is 17.6 Å². The highest BCUT2D eigenvalue weighted by molar-refractivity contribution is 5.79. The molecule has 122 valence electrons. The molecule has 4 rings (SSSR count). The van der Waals surface area contributed by atoms with Crippen LogP contribution in [0.15, 0.2) is 23.1 Å². The van der Waals surface area contributed by atoms with E-state index < -0.39 is 5.79 Å². The number of nitrogens with zero attached hydrogens (tertiary/aromatic N) is 1. The summed E-state index contributed by atoms with van der Waals surface area (Å²) in [7, 11) is 0. The second kappa shape index (κ2) is 4.92. The smallest absolute Gasteiger partial charge is 0.262 e. The molecule has 0 aromatic carbocycles. The number of aromatic amines is 2. The SMILES string of the molecule is CC1(C)O[C@@H]2[C@@H](NCc3c[nH]c4nc(N)[nH]c(=O)c34)C=C[C@@H]2O1. The van der Waals surface area contributed by atoms with Gasteiger partial charge in [-0.15, -0.1) is 0 Å². The van der Waals surface area contributed by atoms with E-state index in [0.717, 1.165) is 5.56 Å². The van der Waals surface area contributed by atoms with Crippen LogP contribution >= 0.6 is 0 Å². The normalized spacial score (nSPS) is 28.5. The third kappa shape index (κ3) is 2.44. The van der Waals surface area contributed by atoms with Gasteiger partial charge in [-0.25, -0.2) is 0 Å². The molecule has 2 aromatic heterocycles. The number of aromatic nitrogens is 3. The maximum atomic E-state index is 12.1. The molecular weight excluding hydrogens is 298 g/mol. The highest BCUT2D eigenvalue weighted by Gasteiger charge is 2.46. The molecule has 3 heterocycles. The summed E-state index contributed by atoms with van der Waals surface area (Å²) < 4.78 is 11.7. The van der Waals surface area contributed by atoms with Crippen molar-refractivity contribution in [2.75, 3.05) is 5.73 Å². The maximum absolute atomic E-state index is 12.1. The molecular formula is C15H19N5O3. The summed E-state index contributed by atoms with van der Waals surface area (Å²) in [5, 5.41) is 3.93. The van der Waals surface area contributed by atoms with E-state index in [4.69, 9.17) is 15.2 Å². The molecule has 0 saturated carbocycles. The Morgan fingerprint density at radius 3 is 3.04 bits per heavy atom. The van der Waals surface area contributed by atoms with Gasteiger partial charge in [-0.1, -0.05) is 12.2 Å². The summed E-state index contributed by atoms with van der Waals surface area (Å²) in [5.74, 6) is -0.469. The highest BCUT2D eigenvalue weighted by Crippen LogP contribution is 2.34. The van der Waals surface area contributed by atoms with Crippen molar-refractivity contribution in [3.8, 4) is 0 Å². The van der Waals surface area contributed by atoms with Crippen molar-refractivity contribution >= 4 is 17.0 Å². The van der Waals surface area contributed by atoms with Gasteiger partial charge >= 0.3 is 0 Å². The Labute approximate surface area is 132 Å². The van der Waals surface area contributed by atoms with Crippen molar-refractivity contribution in [3.63, 3.8) is 0 Å². The van der Waals surface area contributed by atoms with E-state index in [1.807, 2.05) is 26.0 Å². The summed E-state index contributed by atoms with van der Waals surface area (Å²) in [5.41, 5.74) is 6.63. The molecule has 1 aliphatic heterocycles. The highest BCUT2D eigenvalue weighted by atomic mass is 16.8. The average Bonchev–Trinajstić information content (AvgIpc) is 3.09. The van der Waals surface area contributed by atoms with Crippen LogP contribution in [0.1, 0.15) is 19.4 Å². The zero-order chi connectivity index (χ0) is 16.2. The first-order chi connectivity index (χ1) is 10.9. The van der Waals surface area contributed by atoms with Gasteiger partial charge in [-0.3, -0.25) is 9.78 Å². The Bertz CT molecular complexity index is 837. The van der Waals surface area contributed by atoms with Gasteiger partial charge in [0, 0.05) is 12.7 Å². The summed E-state index contributed by atoms with van der Waals surface area (Å²) in [6, 6.07) is 0.0348. The zero-order valence-corrected chi connectivity index (χ0v) is 12.9. The molecule has 0 radical (unpaired) electrons. The lowest BCUT2D eigenvalue weighted by atomic mass is 10.1. The van der Waals surface area contributed by atoms with Crippen molar-refractivity contribution in [1.82, 2.24) is 20.3 Å². The number of nitrogens with one attached hydrogen (secondary N) is 3. The fourth-order valence-corrected chi connectivity index (χ4v) is 3.25. The van der Waals surface area contributed by atoms with Gasteiger partial charge in [0.25, 0.3) is 5.56 Å². The van der Waals surface area contributed by atoms with Crippen molar-refractivity contribution in [1.29, 1.82) is 0 Å². The molecule has 0 bridgehead atoms. The molecule has 1 aliphatic carbocycles. The van der Waals surface area contributed by atoms with Gasteiger partial charge in [0.1, 0.15) is 17.9 Å². The number of nitrogens with two attached hydrogens (primary N) is 1. The average molecular weight is 317 g/mol. The first-order valence-corrected chi connectivity index (χ1v) is 7.56. The minimum atomic E-state index is -0.570. The Hall–Kier alpha value is -2.16. The van der Waals surface area contributed by atoms with E-state index in [1.165, 1.54) is 0 Å². The van der Waals surface area contributed by atoms with Crippen molar-refractivity contribution in [2.24, 2.45) is 0 Å². The Kier molecular flexibility index (Phi) is 3.09. The van der Waals surface area contributed by atoms with Crippen molar-refractivity contribution in [2.45, 2.75) is 44.4 Å². The largest absolute Gasteiger partial charge is 0.369 e. The first-order valence-electron chi connectivity index (χ1n) is 7.56. The first kappa shape index (κ1) is 14.4. The van der Waals surface area contributed by atoms with Gasteiger partial charge in [0.15, 0.2) is 5.79 Å². The second-order valence-corrected chi connectivity index (χ2v) is 6.35. The van der Waals surface area contributed by atoms with Crippen LogP contribution in [0, 0.1) is 0 Å². The molecule has 1 fully saturated rings. The second-order valence-electron chi connectivity index (χ2n) is 6.35. The van der Waals surface area contributed by atoms with Crippen LogP contribution in [0.3, 0.4) is 0 Å². The summed E-state index contributed by atoms with van der Waals surface area (Å²) in [6.07, 6.45) is 5.74. The number of ether oxygens (including phenoxy) is 2. The number of H-pyrrole nitrogens is 2. The number of hydrogen-bond donors (Lipinski definition) is 4. The lowest BCUT2D eigenvalue weighted by molar-refractivity contribution is -0.145. The minimum Gasteiger partial charge on any atom is -0.369 e. The molecule has 2 aliphatic rings. The lowest BCUT2D eigenvalue weighted by Gasteiger charge is -2.21. The van der Waals surface area contributed by atoms with Crippen LogP contribution in [0.5, 0.6) is 0 Å². The molecule has 2 aromatic rings. The Morgan fingerprint density at radius 1 is 1.39 bits per heavy atom. The predicted molar refractivity (Wildman–Crippen MR) is 84.7 cm³/mol. The molecule has 23 heavy (non-hydrogen) atoms. The van der Waals surface area contributed by atoms with Crippen LogP contribution in [-0.4, -0.2) is 39.0 Å². The number of rotatable bonds is 3. The van der Waals surface area contributed by atoms with E-state index in [2.05, 4.69) is 20.3 Å². The van der Waals surface area contributed by atoms with Crippen LogP contribution in [0.4, 0.5) is 5.95 Å². The van der Waals surface area contributed by atoms with Gasteiger partial charge in [-0.05, 0) is 19.4 Å². The van der Waals surface area contributed by atoms with E-state index in [9.17, 15) is 4.79 Å². The number of hydrogen-bond acceptors (Lipinski definition) is 6. The van der Waals surface area contributed by atoms with Gasteiger partial charge < -0.3 is 25.5 Å². The topological polar surface area (TPSA) is 118 Å². The van der Waals surface area contributed by atoms with Crippen LogP contribution in [0.2, 0.25) is 0 Å². The minimum absolute atomic E-state index is 0.0321. The molecule has 1 saturated heterocycles. The third-order valence-corrected chi connectivity index (χ3v) is 4.20. The molecule has 0 unspecified atom stereocenters. The summed E-state index contributed by atoms with van der Waals surface area (Å²) >= 11 is 0. The standard InChI is InChI=1S/C15H19N5O3/c1-15(2)22-9-4-3-8(11(9)23-15)17-5-7-6-18-12-10(7)13(21)20-14(16)19-12/h3-4,6,8-9,11,17H,5H2,1-2H3,(H4,16,18,19,20,21)/t8-,9-,11+/m0/s1. The molecule has 0 amide bonds. The number of fused-ring (bicyclic) bond motifs is 2.